The first-order valence-electron chi connectivity index (χ1n) is 4.43. The second-order valence-electron chi connectivity index (χ2n) is 3.07. The number of carboxylic acid groups (broad SMARTS) is 2. The van der Waals surface area contributed by atoms with Crippen molar-refractivity contribution in [1.29, 1.82) is 0 Å². The summed E-state index contributed by atoms with van der Waals surface area (Å²) in [5.41, 5.74) is 5.80. The maximum Gasteiger partial charge on any atom is 0.341 e. The number of hydrogen-bond acceptors (Lipinski definition) is 4. The molecule has 0 aliphatic heterocycles. The molecular weight excluding hydrogens is 214 g/mol. The number of nitrogens with two attached hydrogens (primary N) is 1. The van der Waals surface area contributed by atoms with E-state index in [1.165, 1.54) is 24.3 Å². The molecule has 0 saturated carbocycles. The van der Waals surface area contributed by atoms with Crippen LogP contribution in [0.25, 0.3) is 0 Å². The molecule has 1 atom stereocenters. The molecule has 0 amide bonds. The van der Waals surface area contributed by atoms with Crippen LogP contribution in [0.5, 0.6) is 5.75 Å². The molecule has 0 spiro atoms. The highest BCUT2D eigenvalue weighted by atomic mass is 16.5. The van der Waals surface area contributed by atoms with Crippen LogP contribution in [-0.2, 0) is 9.59 Å². The third-order valence-corrected chi connectivity index (χ3v) is 1.87. The van der Waals surface area contributed by atoms with Gasteiger partial charge in [0.25, 0.3) is 0 Å². The molecule has 0 fully saturated rings. The third kappa shape index (κ3) is 3.25. The van der Waals surface area contributed by atoms with Crippen LogP contribution in [0, 0.1) is 0 Å². The van der Waals surface area contributed by atoms with Crippen LogP contribution >= 0.6 is 0 Å². The Balaban J connectivity index is 2.67. The van der Waals surface area contributed by atoms with Crippen molar-refractivity contribution in [3.8, 4) is 5.75 Å². The molecule has 0 aromatic heterocycles. The monoisotopic (exact) mass is 225 g/mol. The smallest absolute Gasteiger partial charge is 0.341 e. The Bertz CT molecular complexity index is 387. The average molecular weight is 225 g/mol. The van der Waals surface area contributed by atoms with Gasteiger partial charge in [0.05, 0.1) is 0 Å². The van der Waals surface area contributed by atoms with Gasteiger partial charge in [-0.1, -0.05) is 12.1 Å². The summed E-state index contributed by atoms with van der Waals surface area (Å²) in [6.07, 6.45) is 0. The molecule has 86 valence electrons. The molecule has 4 N–H and O–H groups in total. The van der Waals surface area contributed by atoms with Crippen molar-refractivity contribution in [1.82, 2.24) is 0 Å². The minimum Gasteiger partial charge on any atom is -0.482 e. The average Bonchev–Trinajstić information content (AvgIpc) is 2.26. The lowest BCUT2D eigenvalue weighted by Crippen LogP contribution is -2.20. The van der Waals surface area contributed by atoms with Gasteiger partial charge in [-0.3, -0.25) is 4.79 Å². The highest BCUT2D eigenvalue weighted by Crippen LogP contribution is 2.16. The molecule has 1 rings (SSSR count). The number of rotatable bonds is 5. The van der Waals surface area contributed by atoms with Gasteiger partial charge in [-0.25, -0.2) is 4.79 Å². The molecule has 6 heteroatoms. The van der Waals surface area contributed by atoms with Gasteiger partial charge >= 0.3 is 11.9 Å². The summed E-state index contributed by atoms with van der Waals surface area (Å²) in [5, 5.41) is 17.0. The topological polar surface area (TPSA) is 110 Å². The van der Waals surface area contributed by atoms with Crippen molar-refractivity contribution in [2.45, 2.75) is 6.04 Å². The molecule has 16 heavy (non-hydrogen) atoms. The van der Waals surface area contributed by atoms with Gasteiger partial charge in [-0.2, -0.15) is 0 Å². The lowest BCUT2D eigenvalue weighted by Gasteiger charge is -2.08. The third-order valence-electron chi connectivity index (χ3n) is 1.87. The summed E-state index contributed by atoms with van der Waals surface area (Å²) in [7, 11) is 0. The largest absolute Gasteiger partial charge is 0.482 e. The normalized spacial score (nSPS) is 11.8. The zero-order chi connectivity index (χ0) is 12.1. The fourth-order valence-electron chi connectivity index (χ4n) is 1.06. The van der Waals surface area contributed by atoms with Crippen LogP contribution in [0.15, 0.2) is 24.3 Å². The Hall–Kier alpha value is -2.08. The number of carbonyl (C=O) groups is 2. The van der Waals surface area contributed by atoms with Crippen molar-refractivity contribution in [3.05, 3.63) is 29.8 Å². The highest BCUT2D eigenvalue weighted by Gasteiger charge is 2.13. The van der Waals surface area contributed by atoms with Crippen LogP contribution in [0.4, 0.5) is 0 Å². The molecule has 0 aliphatic carbocycles. The van der Waals surface area contributed by atoms with Crippen LogP contribution in [0.2, 0.25) is 0 Å². The zero-order valence-electron chi connectivity index (χ0n) is 8.29. The van der Waals surface area contributed by atoms with Gasteiger partial charge in [0.1, 0.15) is 11.8 Å². The minimum atomic E-state index is -1.13. The second kappa shape index (κ2) is 5.13. The Morgan fingerprint density at radius 3 is 2.25 bits per heavy atom. The predicted octanol–water partition coefficient (Wildman–Crippen LogP) is 0.234. The fraction of sp³-hybridized carbons (Fsp3) is 0.200. The van der Waals surface area contributed by atoms with E-state index < -0.39 is 24.6 Å². The summed E-state index contributed by atoms with van der Waals surface area (Å²) < 4.78 is 4.87. The Morgan fingerprint density at radius 1 is 1.25 bits per heavy atom. The Morgan fingerprint density at radius 2 is 1.81 bits per heavy atom. The van der Waals surface area contributed by atoms with E-state index in [2.05, 4.69) is 0 Å². The maximum absolute atomic E-state index is 10.6. The summed E-state index contributed by atoms with van der Waals surface area (Å²) in [6.45, 7) is -0.440. The van der Waals surface area contributed by atoms with E-state index in [0.717, 1.165) is 0 Å². The van der Waals surface area contributed by atoms with Gasteiger partial charge < -0.3 is 20.7 Å². The standard InChI is InChI=1S/C10H11NO5/c11-9(10(14)15)6-1-3-7(4-2-6)16-5-8(12)13/h1-4,9H,5,11H2,(H,12,13)(H,14,15)/t9-/m1/s1. The predicted molar refractivity (Wildman–Crippen MR) is 54.1 cm³/mol. The summed E-state index contributed by atoms with van der Waals surface area (Å²) >= 11 is 0. The molecular formula is C10H11NO5. The van der Waals surface area contributed by atoms with Crippen LogP contribution in [0.1, 0.15) is 11.6 Å². The molecule has 0 aliphatic rings. The van der Waals surface area contributed by atoms with E-state index in [4.69, 9.17) is 20.7 Å². The van der Waals surface area contributed by atoms with E-state index in [9.17, 15) is 9.59 Å². The molecule has 0 saturated heterocycles. The minimum absolute atomic E-state index is 0.351. The first kappa shape index (κ1) is 12.0. The molecule has 0 radical (unpaired) electrons. The zero-order valence-corrected chi connectivity index (χ0v) is 8.29. The van der Waals surface area contributed by atoms with Crippen LogP contribution in [0.3, 0.4) is 0 Å². The van der Waals surface area contributed by atoms with Crippen LogP contribution < -0.4 is 10.5 Å². The van der Waals surface area contributed by atoms with E-state index in [-0.39, 0.29) is 0 Å². The number of aliphatic carboxylic acids is 2. The van der Waals surface area contributed by atoms with Gasteiger partial charge in [-0.05, 0) is 17.7 Å². The molecule has 0 heterocycles. The molecule has 1 aromatic rings. The van der Waals surface area contributed by atoms with Crippen molar-refractivity contribution < 1.29 is 24.5 Å². The summed E-state index contributed by atoms with van der Waals surface area (Å²) in [4.78, 5) is 20.8. The lowest BCUT2D eigenvalue weighted by molar-refractivity contribution is -0.139. The lowest BCUT2D eigenvalue weighted by atomic mass is 10.1. The first-order valence-corrected chi connectivity index (χ1v) is 4.43. The molecule has 0 bridgehead atoms. The first-order chi connectivity index (χ1) is 7.50. The Labute approximate surface area is 91.3 Å². The molecule has 1 aromatic carbocycles. The number of hydrogen-bond donors (Lipinski definition) is 3. The fourth-order valence-corrected chi connectivity index (χ4v) is 1.06. The maximum atomic E-state index is 10.6. The van der Waals surface area contributed by atoms with Crippen molar-refractivity contribution in [2.75, 3.05) is 6.61 Å². The number of benzene rings is 1. The van der Waals surface area contributed by atoms with E-state index in [1.54, 1.807) is 0 Å². The second-order valence-corrected chi connectivity index (χ2v) is 3.07. The van der Waals surface area contributed by atoms with Gasteiger partial charge in [0.15, 0.2) is 6.61 Å². The van der Waals surface area contributed by atoms with Gasteiger partial charge in [0.2, 0.25) is 0 Å². The summed E-state index contributed by atoms with van der Waals surface area (Å²) in [6, 6.07) is 4.82. The number of carboxylic acids is 2. The van der Waals surface area contributed by atoms with Gasteiger partial charge in [0, 0.05) is 0 Å². The van der Waals surface area contributed by atoms with Crippen molar-refractivity contribution in [2.24, 2.45) is 5.73 Å². The summed E-state index contributed by atoms with van der Waals surface area (Å²) in [5.74, 6) is -1.85. The SMILES string of the molecule is N[C@@H](C(=O)O)c1ccc(OCC(=O)O)cc1. The van der Waals surface area contributed by atoms with E-state index in [1.807, 2.05) is 0 Å². The van der Waals surface area contributed by atoms with Crippen LogP contribution in [-0.4, -0.2) is 28.8 Å². The van der Waals surface area contributed by atoms with E-state index >= 15 is 0 Å². The van der Waals surface area contributed by atoms with E-state index in [0.29, 0.717) is 11.3 Å². The molecule has 0 unspecified atom stereocenters. The van der Waals surface area contributed by atoms with Crippen molar-refractivity contribution >= 4 is 11.9 Å². The number of ether oxygens (including phenoxy) is 1. The molecule has 6 nitrogen and oxygen atoms in total. The van der Waals surface area contributed by atoms with Gasteiger partial charge in [-0.15, -0.1) is 0 Å². The Kier molecular flexibility index (Phi) is 3.84. The van der Waals surface area contributed by atoms with Crippen molar-refractivity contribution in [3.63, 3.8) is 0 Å². The quantitative estimate of drug-likeness (QED) is 0.661. The highest BCUT2D eigenvalue weighted by molar-refractivity contribution is 5.75.